The van der Waals surface area contributed by atoms with Gasteiger partial charge in [0.05, 0.1) is 0 Å². The largest absolute Gasteiger partial charge is 0.336 e. The first kappa shape index (κ1) is 23.1. The highest BCUT2D eigenvalue weighted by atomic mass is 35.5. The molecule has 166 valence electrons. The molecule has 3 aromatic carbocycles. The number of carbonyl (C=O) groups excluding carboxylic acids is 2. The molecule has 3 N–H and O–H groups in total. The van der Waals surface area contributed by atoms with E-state index in [0.717, 1.165) is 6.42 Å². The molecule has 0 saturated heterocycles. The molecule has 0 unspecified atom stereocenters. The van der Waals surface area contributed by atoms with E-state index in [0.29, 0.717) is 22.1 Å². The van der Waals surface area contributed by atoms with E-state index in [4.69, 9.17) is 11.6 Å². The summed E-state index contributed by atoms with van der Waals surface area (Å²) in [6.07, 6.45) is 0.920. The van der Waals surface area contributed by atoms with Crippen LogP contribution in [0.2, 0.25) is 5.02 Å². The fourth-order valence-corrected chi connectivity index (χ4v) is 3.10. The molecule has 0 aliphatic carbocycles. The molecule has 0 saturated carbocycles. The molecule has 0 heterocycles. The molecule has 3 aromatic rings. The third-order valence-corrected chi connectivity index (χ3v) is 4.97. The van der Waals surface area contributed by atoms with Gasteiger partial charge in [0.1, 0.15) is 5.82 Å². The summed E-state index contributed by atoms with van der Waals surface area (Å²) >= 11 is 5.89. The van der Waals surface area contributed by atoms with Gasteiger partial charge in [0.2, 0.25) is 0 Å². The van der Waals surface area contributed by atoms with Crippen LogP contribution in [0.15, 0.2) is 72.8 Å². The number of carbonyl (C=O) groups is 2. The molecule has 3 rings (SSSR count). The zero-order valence-corrected chi connectivity index (χ0v) is 18.3. The number of benzene rings is 3. The van der Waals surface area contributed by atoms with E-state index in [9.17, 15) is 14.0 Å². The molecule has 32 heavy (non-hydrogen) atoms. The third kappa shape index (κ3) is 6.72. The normalized spacial score (nSPS) is 10.3. The Hall–Kier alpha value is -3.58. The van der Waals surface area contributed by atoms with E-state index in [-0.39, 0.29) is 19.1 Å². The van der Waals surface area contributed by atoms with E-state index in [1.807, 2.05) is 24.3 Å². The van der Waals surface area contributed by atoms with Crippen molar-refractivity contribution in [1.29, 1.82) is 0 Å². The maximum Gasteiger partial charge on any atom is 0.326 e. The number of nitrogens with one attached hydrogen (secondary N) is 3. The summed E-state index contributed by atoms with van der Waals surface area (Å²) in [5.74, 6) is -0.404. The smallest absolute Gasteiger partial charge is 0.326 e. The highest BCUT2D eigenvalue weighted by Crippen LogP contribution is 2.18. The van der Waals surface area contributed by atoms with Gasteiger partial charge in [-0.1, -0.05) is 30.7 Å². The van der Waals surface area contributed by atoms with Gasteiger partial charge in [-0.25, -0.2) is 14.0 Å². The molecule has 6 nitrogen and oxygen atoms in total. The Morgan fingerprint density at radius 3 is 2.09 bits per heavy atom. The van der Waals surface area contributed by atoms with Crippen molar-refractivity contribution in [3.05, 3.63) is 89.2 Å². The predicted molar refractivity (Wildman–Crippen MR) is 127 cm³/mol. The van der Waals surface area contributed by atoms with E-state index >= 15 is 0 Å². The minimum absolute atomic E-state index is 0.174. The number of aryl methyl sites for hydroxylation is 1. The fraction of sp³-hybridized carbons (Fsp3) is 0.167. The number of urea groups is 2. The van der Waals surface area contributed by atoms with Gasteiger partial charge in [-0.05, 0) is 72.6 Å². The lowest BCUT2D eigenvalue weighted by Crippen LogP contribution is -2.42. The third-order valence-electron chi connectivity index (χ3n) is 4.72. The quantitative estimate of drug-likeness (QED) is 0.415. The number of amides is 4. The lowest BCUT2D eigenvalue weighted by atomic mass is 10.1. The molecule has 0 aliphatic rings. The highest BCUT2D eigenvalue weighted by molar-refractivity contribution is 6.30. The minimum atomic E-state index is -0.420. The molecule has 0 fully saturated rings. The second-order valence-electron chi connectivity index (χ2n) is 7.00. The molecule has 8 heteroatoms. The van der Waals surface area contributed by atoms with Gasteiger partial charge in [0.25, 0.3) is 0 Å². The van der Waals surface area contributed by atoms with E-state index in [1.165, 1.54) is 34.7 Å². The number of halogens is 2. The molecule has 0 radical (unpaired) electrons. The first-order chi connectivity index (χ1) is 15.4. The van der Waals surface area contributed by atoms with Gasteiger partial charge < -0.3 is 16.0 Å². The summed E-state index contributed by atoms with van der Waals surface area (Å²) in [6.45, 7) is 2.42. The lowest BCUT2D eigenvalue weighted by Gasteiger charge is -2.23. The maximum absolute atomic E-state index is 13.4. The Balaban J connectivity index is 1.61. The zero-order chi connectivity index (χ0) is 22.9. The minimum Gasteiger partial charge on any atom is -0.336 e. The van der Waals surface area contributed by atoms with E-state index in [2.05, 4.69) is 22.9 Å². The maximum atomic E-state index is 13.4. The average Bonchev–Trinajstić information content (AvgIpc) is 2.79. The average molecular weight is 455 g/mol. The van der Waals surface area contributed by atoms with E-state index in [1.54, 1.807) is 24.3 Å². The van der Waals surface area contributed by atoms with Crippen LogP contribution >= 0.6 is 11.6 Å². The predicted octanol–water partition coefficient (Wildman–Crippen LogP) is 5.90. The van der Waals surface area contributed by atoms with Crippen LogP contribution in [0.5, 0.6) is 0 Å². The SMILES string of the molecule is CCc1ccc(NC(=O)NCCN(C(=O)Nc2ccc(Cl)cc2)c2ccc(F)cc2)cc1. The summed E-state index contributed by atoms with van der Waals surface area (Å²) in [5, 5.41) is 8.82. The highest BCUT2D eigenvalue weighted by Gasteiger charge is 2.16. The molecule has 0 atom stereocenters. The van der Waals surface area contributed by atoms with E-state index < -0.39 is 11.8 Å². The van der Waals surface area contributed by atoms with Crippen molar-refractivity contribution in [1.82, 2.24) is 5.32 Å². The summed E-state index contributed by atoms with van der Waals surface area (Å²) in [6, 6.07) is 19.0. The van der Waals surface area contributed by atoms with Crippen molar-refractivity contribution in [3.63, 3.8) is 0 Å². The second-order valence-corrected chi connectivity index (χ2v) is 7.43. The Morgan fingerprint density at radius 1 is 0.875 bits per heavy atom. The van der Waals surface area contributed by atoms with Crippen LogP contribution in [0.1, 0.15) is 12.5 Å². The van der Waals surface area contributed by atoms with Gasteiger partial charge in [-0.2, -0.15) is 0 Å². The second kappa shape index (κ2) is 11.2. The van der Waals surface area contributed by atoms with Crippen LogP contribution < -0.4 is 20.9 Å². The Morgan fingerprint density at radius 2 is 1.47 bits per heavy atom. The van der Waals surface area contributed by atoms with Crippen molar-refractivity contribution in [2.75, 3.05) is 28.6 Å². The summed E-state index contributed by atoms with van der Waals surface area (Å²) < 4.78 is 13.4. The Kier molecular flexibility index (Phi) is 8.05. The van der Waals surface area contributed by atoms with Crippen LogP contribution in [0, 0.1) is 5.82 Å². The van der Waals surface area contributed by atoms with Crippen LogP contribution in [-0.4, -0.2) is 25.2 Å². The molecular weight excluding hydrogens is 431 g/mol. The molecule has 0 bridgehead atoms. The van der Waals surface area contributed by atoms with Crippen LogP contribution in [-0.2, 0) is 6.42 Å². The summed E-state index contributed by atoms with van der Waals surface area (Å²) in [7, 11) is 0. The number of rotatable bonds is 7. The van der Waals surface area contributed by atoms with Gasteiger partial charge in [-0.15, -0.1) is 0 Å². The van der Waals surface area contributed by atoms with Crippen LogP contribution in [0.3, 0.4) is 0 Å². The monoisotopic (exact) mass is 454 g/mol. The standard InChI is InChI=1S/C24H24ClFN4O2/c1-2-17-3-9-20(10-4-17)28-23(31)27-15-16-30(22-13-7-19(26)8-14-22)24(32)29-21-11-5-18(25)6-12-21/h3-14H,2,15-16H2,1H3,(H,29,32)(H2,27,28,31). The molecular formula is C24H24ClFN4O2. The fourth-order valence-electron chi connectivity index (χ4n) is 2.97. The van der Waals surface area contributed by atoms with Crippen LogP contribution in [0.25, 0.3) is 0 Å². The number of hydrogen-bond donors (Lipinski definition) is 3. The first-order valence-electron chi connectivity index (χ1n) is 10.2. The van der Waals surface area contributed by atoms with Gasteiger partial charge >= 0.3 is 12.1 Å². The first-order valence-corrected chi connectivity index (χ1v) is 10.6. The number of nitrogens with zero attached hydrogens (tertiary/aromatic N) is 1. The van der Waals surface area contributed by atoms with Crippen LogP contribution in [0.4, 0.5) is 31.0 Å². The topological polar surface area (TPSA) is 73.5 Å². The van der Waals surface area contributed by atoms with Gasteiger partial charge in [0, 0.05) is 35.2 Å². The van der Waals surface area contributed by atoms with Crippen molar-refractivity contribution < 1.29 is 14.0 Å². The number of anilines is 3. The van der Waals surface area contributed by atoms with Gasteiger partial charge in [-0.3, -0.25) is 4.90 Å². The molecule has 0 aromatic heterocycles. The van der Waals surface area contributed by atoms with Crippen molar-refractivity contribution >= 4 is 40.7 Å². The number of hydrogen-bond acceptors (Lipinski definition) is 2. The molecule has 4 amide bonds. The van der Waals surface area contributed by atoms with Crippen molar-refractivity contribution in [2.45, 2.75) is 13.3 Å². The molecule has 0 aliphatic heterocycles. The Labute approximate surface area is 191 Å². The van der Waals surface area contributed by atoms with Crippen molar-refractivity contribution in [3.8, 4) is 0 Å². The summed E-state index contributed by atoms with van der Waals surface area (Å²) in [4.78, 5) is 26.5. The molecule has 0 spiro atoms. The van der Waals surface area contributed by atoms with Crippen molar-refractivity contribution in [2.24, 2.45) is 0 Å². The zero-order valence-electron chi connectivity index (χ0n) is 17.6. The lowest BCUT2D eigenvalue weighted by molar-refractivity contribution is 0.250. The summed E-state index contributed by atoms with van der Waals surface area (Å²) in [5.41, 5.74) is 2.91. The van der Waals surface area contributed by atoms with Gasteiger partial charge in [0.15, 0.2) is 0 Å². The Bertz CT molecular complexity index is 1040.